The van der Waals surface area contributed by atoms with Crippen molar-refractivity contribution in [3.8, 4) is 0 Å². The van der Waals surface area contributed by atoms with Crippen LogP contribution in [0.25, 0.3) is 0 Å². The third-order valence-electron chi connectivity index (χ3n) is 1.80. The second kappa shape index (κ2) is 20.4. The van der Waals surface area contributed by atoms with Gasteiger partial charge in [0.25, 0.3) is 0 Å². The fourth-order valence-corrected chi connectivity index (χ4v) is 1.07. The zero-order valence-corrected chi connectivity index (χ0v) is 13.0. The first-order valence-electron chi connectivity index (χ1n) is 6.99. The van der Waals surface area contributed by atoms with Crippen LogP contribution in [0.4, 0.5) is 0 Å². The van der Waals surface area contributed by atoms with Crippen LogP contribution in [0.5, 0.6) is 0 Å². The van der Waals surface area contributed by atoms with E-state index in [2.05, 4.69) is 37.8 Å². The number of rotatable bonds is 3. The van der Waals surface area contributed by atoms with E-state index in [0.29, 0.717) is 5.92 Å². The summed E-state index contributed by atoms with van der Waals surface area (Å²) in [5.74, 6) is 0.581. The molecule has 1 aromatic rings. The summed E-state index contributed by atoms with van der Waals surface area (Å²) in [7, 11) is 0. The fourth-order valence-electron chi connectivity index (χ4n) is 1.07. The monoisotopic (exact) mass is 236 g/mol. The molecule has 1 rings (SSSR count). The topological polar surface area (TPSA) is 0 Å². The SMILES string of the molecule is C=CC(C)Cc1ccccc1.CC.CC.CC. The van der Waals surface area contributed by atoms with Gasteiger partial charge in [0, 0.05) is 0 Å². The number of hydrogen-bond acceptors (Lipinski definition) is 0. The van der Waals surface area contributed by atoms with Crippen molar-refractivity contribution in [3.63, 3.8) is 0 Å². The van der Waals surface area contributed by atoms with E-state index < -0.39 is 0 Å². The molecule has 17 heavy (non-hydrogen) atoms. The van der Waals surface area contributed by atoms with Gasteiger partial charge in [0.1, 0.15) is 0 Å². The Bertz CT molecular complexity index is 211. The van der Waals surface area contributed by atoms with Crippen molar-refractivity contribution in [1.29, 1.82) is 0 Å². The summed E-state index contributed by atoms with van der Waals surface area (Å²) in [5, 5.41) is 0. The zero-order valence-electron chi connectivity index (χ0n) is 13.0. The van der Waals surface area contributed by atoms with Crippen molar-refractivity contribution in [1.82, 2.24) is 0 Å². The van der Waals surface area contributed by atoms with E-state index in [0.717, 1.165) is 6.42 Å². The van der Waals surface area contributed by atoms with Crippen LogP contribution < -0.4 is 0 Å². The zero-order chi connectivity index (χ0) is 14.1. The largest absolute Gasteiger partial charge is 0.103 e. The summed E-state index contributed by atoms with van der Waals surface area (Å²) in [6.45, 7) is 17.9. The van der Waals surface area contributed by atoms with Crippen molar-refractivity contribution < 1.29 is 0 Å². The molecule has 100 valence electrons. The molecule has 0 saturated heterocycles. The van der Waals surface area contributed by atoms with Crippen molar-refractivity contribution in [3.05, 3.63) is 48.6 Å². The van der Waals surface area contributed by atoms with Gasteiger partial charge in [-0.05, 0) is 17.9 Å². The Labute approximate surface area is 110 Å². The van der Waals surface area contributed by atoms with Gasteiger partial charge in [-0.3, -0.25) is 0 Å². The lowest BCUT2D eigenvalue weighted by Gasteiger charge is -2.04. The first-order valence-corrected chi connectivity index (χ1v) is 6.99. The van der Waals surface area contributed by atoms with Crippen LogP contribution in [0.1, 0.15) is 54.0 Å². The van der Waals surface area contributed by atoms with E-state index in [1.807, 2.05) is 53.7 Å². The van der Waals surface area contributed by atoms with Crippen LogP contribution in [0.3, 0.4) is 0 Å². The molecule has 0 spiro atoms. The van der Waals surface area contributed by atoms with Crippen molar-refractivity contribution >= 4 is 0 Å². The van der Waals surface area contributed by atoms with Crippen LogP contribution in [0, 0.1) is 5.92 Å². The molecule has 0 fully saturated rings. The molecule has 0 radical (unpaired) electrons. The van der Waals surface area contributed by atoms with Gasteiger partial charge >= 0.3 is 0 Å². The summed E-state index contributed by atoms with van der Waals surface area (Å²) < 4.78 is 0. The predicted molar refractivity (Wildman–Crippen MR) is 83.6 cm³/mol. The predicted octanol–water partition coefficient (Wildman–Crippen LogP) is 6.13. The molecule has 1 atom stereocenters. The minimum Gasteiger partial charge on any atom is -0.103 e. The van der Waals surface area contributed by atoms with Crippen molar-refractivity contribution in [2.75, 3.05) is 0 Å². The second-order valence-electron chi connectivity index (χ2n) is 2.90. The Morgan fingerprint density at radius 2 is 1.35 bits per heavy atom. The molecule has 0 aliphatic carbocycles. The maximum Gasteiger partial charge on any atom is -0.0218 e. The van der Waals surface area contributed by atoms with Gasteiger partial charge in [-0.2, -0.15) is 0 Å². The van der Waals surface area contributed by atoms with Crippen LogP contribution in [-0.4, -0.2) is 0 Å². The standard InChI is InChI=1S/C11H14.3C2H6/c1-3-10(2)9-11-7-5-4-6-8-11;3*1-2/h3-8,10H,1,9H2,2H3;3*1-2H3. The average Bonchev–Trinajstić information content (AvgIpc) is 2.46. The highest BCUT2D eigenvalue weighted by Gasteiger charge is 1.96. The molecular formula is C17H32. The summed E-state index contributed by atoms with van der Waals surface area (Å²) in [6, 6.07) is 10.5. The molecule has 0 amide bonds. The minimum atomic E-state index is 0.581. The molecule has 0 aliphatic heterocycles. The highest BCUT2D eigenvalue weighted by molar-refractivity contribution is 5.15. The van der Waals surface area contributed by atoms with Gasteiger partial charge in [0.05, 0.1) is 0 Å². The van der Waals surface area contributed by atoms with Gasteiger partial charge in [-0.15, -0.1) is 6.58 Å². The Balaban J connectivity index is -0.000000285. The van der Waals surface area contributed by atoms with E-state index >= 15 is 0 Å². The first-order chi connectivity index (χ1) is 8.33. The normalized spacial score (nSPS) is 9.12. The maximum absolute atomic E-state index is 3.76. The van der Waals surface area contributed by atoms with E-state index in [-0.39, 0.29) is 0 Å². The molecule has 1 unspecified atom stereocenters. The molecule has 1 aromatic carbocycles. The van der Waals surface area contributed by atoms with Gasteiger partial charge in [-0.1, -0.05) is 84.9 Å². The number of benzene rings is 1. The third-order valence-corrected chi connectivity index (χ3v) is 1.80. The summed E-state index contributed by atoms with van der Waals surface area (Å²) in [6.07, 6.45) is 3.09. The molecule has 0 saturated carbocycles. The Kier molecular flexibility index (Phi) is 25.5. The minimum absolute atomic E-state index is 0.581. The quantitative estimate of drug-likeness (QED) is 0.554. The number of allylic oxidation sites excluding steroid dienone is 1. The summed E-state index contributed by atoms with van der Waals surface area (Å²) >= 11 is 0. The highest BCUT2D eigenvalue weighted by Crippen LogP contribution is 2.07. The van der Waals surface area contributed by atoms with Crippen LogP contribution in [0.15, 0.2) is 43.0 Å². The summed E-state index contributed by atoms with van der Waals surface area (Å²) in [5.41, 5.74) is 1.39. The summed E-state index contributed by atoms with van der Waals surface area (Å²) in [4.78, 5) is 0. The van der Waals surface area contributed by atoms with Crippen molar-refractivity contribution in [2.45, 2.75) is 54.9 Å². The molecule has 0 N–H and O–H groups in total. The lowest BCUT2D eigenvalue weighted by molar-refractivity contribution is 0.725. The Morgan fingerprint density at radius 3 is 1.71 bits per heavy atom. The smallest absolute Gasteiger partial charge is 0.0218 e. The molecule has 0 heteroatoms. The van der Waals surface area contributed by atoms with Crippen LogP contribution >= 0.6 is 0 Å². The Hall–Kier alpha value is -1.04. The molecule has 0 bridgehead atoms. The van der Waals surface area contributed by atoms with E-state index in [1.54, 1.807) is 0 Å². The van der Waals surface area contributed by atoms with Gasteiger partial charge in [-0.25, -0.2) is 0 Å². The molecule has 0 nitrogen and oxygen atoms in total. The van der Waals surface area contributed by atoms with Gasteiger partial charge < -0.3 is 0 Å². The molecule has 0 aromatic heterocycles. The average molecular weight is 236 g/mol. The van der Waals surface area contributed by atoms with Crippen molar-refractivity contribution in [2.24, 2.45) is 5.92 Å². The van der Waals surface area contributed by atoms with Crippen LogP contribution in [0.2, 0.25) is 0 Å². The molecular weight excluding hydrogens is 204 g/mol. The molecule has 0 heterocycles. The van der Waals surface area contributed by atoms with E-state index in [9.17, 15) is 0 Å². The highest BCUT2D eigenvalue weighted by atomic mass is 14.0. The maximum atomic E-state index is 3.76. The van der Waals surface area contributed by atoms with Gasteiger partial charge in [0.15, 0.2) is 0 Å². The third kappa shape index (κ3) is 15.0. The lowest BCUT2D eigenvalue weighted by atomic mass is 10.0. The first kappa shape index (κ1) is 21.3. The number of hydrogen-bond donors (Lipinski definition) is 0. The van der Waals surface area contributed by atoms with Gasteiger partial charge in [0.2, 0.25) is 0 Å². The lowest BCUT2D eigenvalue weighted by Crippen LogP contribution is -1.94. The second-order valence-corrected chi connectivity index (χ2v) is 2.90. The Morgan fingerprint density at radius 1 is 0.941 bits per heavy atom. The van der Waals surface area contributed by atoms with Crippen LogP contribution in [-0.2, 0) is 6.42 Å². The van der Waals surface area contributed by atoms with E-state index in [1.165, 1.54) is 5.56 Å². The fraction of sp³-hybridized carbons (Fsp3) is 0.529. The van der Waals surface area contributed by atoms with E-state index in [4.69, 9.17) is 0 Å². The molecule has 0 aliphatic rings.